The summed E-state index contributed by atoms with van der Waals surface area (Å²) in [7, 11) is -1.73. The van der Waals surface area contributed by atoms with Crippen LogP contribution in [0.2, 0.25) is 0 Å². The summed E-state index contributed by atoms with van der Waals surface area (Å²) in [6.45, 7) is 4.06. The average Bonchev–Trinajstić information content (AvgIpc) is 2.55. The third kappa shape index (κ3) is 4.43. The van der Waals surface area contributed by atoms with Gasteiger partial charge in [-0.15, -0.1) is 0 Å². The lowest BCUT2D eigenvalue weighted by Crippen LogP contribution is -2.27. The van der Waals surface area contributed by atoms with E-state index in [4.69, 9.17) is 0 Å². The number of amides is 1. The summed E-state index contributed by atoms with van der Waals surface area (Å²) in [6.07, 6.45) is 0.214. The maximum absolute atomic E-state index is 12.4. The highest BCUT2D eigenvalue weighted by Gasteiger charge is 2.14. The van der Waals surface area contributed by atoms with Crippen LogP contribution in [-0.2, 0) is 21.2 Å². The monoisotopic (exact) mass is 346 g/mol. The highest BCUT2D eigenvalue weighted by Crippen LogP contribution is 2.16. The maximum Gasteiger partial charge on any atom is 0.240 e. The van der Waals surface area contributed by atoms with E-state index >= 15 is 0 Å². The fourth-order valence-electron chi connectivity index (χ4n) is 2.27. The van der Waals surface area contributed by atoms with Crippen molar-refractivity contribution in [1.82, 2.24) is 4.72 Å². The minimum absolute atomic E-state index is 0.0545. The predicted octanol–water partition coefficient (Wildman–Crippen LogP) is 2.50. The molecule has 0 aliphatic carbocycles. The number of nitrogens with zero attached hydrogens (tertiary/aromatic N) is 1. The first-order chi connectivity index (χ1) is 11.3. The van der Waals surface area contributed by atoms with Crippen LogP contribution in [0.4, 0.5) is 5.69 Å². The number of aryl methyl sites for hydroxylation is 1. The number of anilines is 1. The molecular weight excluding hydrogens is 324 g/mol. The summed E-state index contributed by atoms with van der Waals surface area (Å²) in [5.41, 5.74) is 2.74. The second-order valence-corrected chi connectivity index (χ2v) is 7.38. The second kappa shape index (κ2) is 7.59. The van der Waals surface area contributed by atoms with Gasteiger partial charge in [0.1, 0.15) is 0 Å². The Hall–Kier alpha value is -2.18. The predicted molar refractivity (Wildman–Crippen MR) is 95.6 cm³/mol. The molecule has 5 nitrogen and oxygen atoms in total. The van der Waals surface area contributed by atoms with Gasteiger partial charge in [0.05, 0.1) is 11.3 Å². The van der Waals surface area contributed by atoms with Crippen LogP contribution in [0.5, 0.6) is 0 Å². The SMILES string of the molecule is CCNS(=O)(=O)c1ccc(CC(=O)N(C)c2ccc(C)cc2)cc1. The first kappa shape index (κ1) is 18.2. The Bertz CT molecular complexity index is 797. The zero-order valence-electron chi connectivity index (χ0n) is 14.1. The first-order valence-electron chi connectivity index (χ1n) is 7.75. The van der Waals surface area contributed by atoms with E-state index in [0.717, 1.165) is 16.8 Å². The van der Waals surface area contributed by atoms with Gasteiger partial charge in [-0.1, -0.05) is 36.8 Å². The van der Waals surface area contributed by atoms with Gasteiger partial charge in [-0.05, 0) is 36.8 Å². The summed E-state index contributed by atoms with van der Waals surface area (Å²) < 4.78 is 26.2. The molecule has 6 heteroatoms. The van der Waals surface area contributed by atoms with Gasteiger partial charge in [-0.2, -0.15) is 0 Å². The Labute approximate surface area is 143 Å². The minimum atomic E-state index is -3.46. The molecule has 0 fully saturated rings. The van der Waals surface area contributed by atoms with Crippen molar-refractivity contribution >= 4 is 21.6 Å². The van der Waals surface area contributed by atoms with Crippen LogP contribution in [0.1, 0.15) is 18.1 Å². The van der Waals surface area contributed by atoms with Gasteiger partial charge in [-0.25, -0.2) is 13.1 Å². The molecule has 1 N–H and O–H groups in total. The number of rotatable bonds is 6. The number of nitrogens with one attached hydrogen (secondary N) is 1. The molecule has 0 aliphatic heterocycles. The van der Waals surface area contributed by atoms with Gasteiger partial charge in [0.25, 0.3) is 0 Å². The summed E-state index contributed by atoms with van der Waals surface area (Å²) in [5.74, 6) is -0.0545. The van der Waals surface area contributed by atoms with Crippen molar-refractivity contribution in [1.29, 1.82) is 0 Å². The van der Waals surface area contributed by atoms with Crippen LogP contribution >= 0.6 is 0 Å². The third-order valence-corrected chi connectivity index (χ3v) is 5.28. The molecule has 2 rings (SSSR count). The lowest BCUT2D eigenvalue weighted by atomic mass is 10.1. The molecule has 0 spiro atoms. The minimum Gasteiger partial charge on any atom is -0.315 e. The molecule has 0 aromatic heterocycles. The Morgan fingerprint density at radius 3 is 2.17 bits per heavy atom. The fourth-order valence-corrected chi connectivity index (χ4v) is 3.31. The number of hydrogen-bond donors (Lipinski definition) is 1. The molecule has 0 atom stereocenters. The molecule has 2 aromatic carbocycles. The summed E-state index contributed by atoms with van der Waals surface area (Å²) in [6, 6.07) is 14.1. The van der Waals surface area contributed by atoms with Gasteiger partial charge in [-0.3, -0.25) is 4.79 Å². The zero-order valence-corrected chi connectivity index (χ0v) is 14.9. The zero-order chi connectivity index (χ0) is 17.7. The van der Waals surface area contributed by atoms with E-state index in [9.17, 15) is 13.2 Å². The van der Waals surface area contributed by atoms with Gasteiger partial charge in [0, 0.05) is 19.3 Å². The third-order valence-electron chi connectivity index (χ3n) is 3.72. The second-order valence-electron chi connectivity index (χ2n) is 5.61. The van der Waals surface area contributed by atoms with Crippen molar-refractivity contribution in [2.75, 3.05) is 18.5 Å². The molecule has 0 saturated carbocycles. The Morgan fingerprint density at radius 1 is 1.04 bits per heavy atom. The van der Waals surface area contributed by atoms with Crippen molar-refractivity contribution in [3.8, 4) is 0 Å². The van der Waals surface area contributed by atoms with Gasteiger partial charge in [0.15, 0.2) is 0 Å². The van der Waals surface area contributed by atoms with Crippen molar-refractivity contribution in [2.45, 2.75) is 25.2 Å². The molecule has 2 aromatic rings. The van der Waals surface area contributed by atoms with Crippen molar-refractivity contribution < 1.29 is 13.2 Å². The largest absolute Gasteiger partial charge is 0.315 e. The topological polar surface area (TPSA) is 66.5 Å². The van der Waals surface area contributed by atoms with E-state index in [-0.39, 0.29) is 17.2 Å². The lowest BCUT2D eigenvalue weighted by Gasteiger charge is -2.17. The molecule has 0 heterocycles. The van der Waals surface area contributed by atoms with E-state index < -0.39 is 10.0 Å². The number of hydrogen-bond acceptors (Lipinski definition) is 3. The van der Waals surface area contributed by atoms with Crippen LogP contribution in [0.25, 0.3) is 0 Å². The maximum atomic E-state index is 12.4. The van der Waals surface area contributed by atoms with Crippen LogP contribution < -0.4 is 9.62 Å². The molecule has 24 heavy (non-hydrogen) atoms. The van der Waals surface area contributed by atoms with Crippen molar-refractivity contribution in [3.05, 3.63) is 59.7 Å². The number of carbonyl (C=O) groups excluding carboxylic acids is 1. The van der Waals surface area contributed by atoms with E-state index in [1.54, 1.807) is 31.0 Å². The van der Waals surface area contributed by atoms with Gasteiger partial charge < -0.3 is 4.90 Å². The number of benzene rings is 2. The average molecular weight is 346 g/mol. The smallest absolute Gasteiger partial charge is 0.240 e. The van der Waals surface area contributed by atoms with Crippen LogP contribution in [0.3, 0.4) is 0 Å². The molecular formula is C18H22N2O3S. The van der Waals surface area contributed by atoms with Crippen LogP contribution in [0.15, 0.2) is 53.4 Å². The summed E-state index contributed by atoms with van der Waals surface area (Å²) >= 11 is 0. The number of carbonyl (C=O) groups is 1. The van der Waals surface area contributed by atoms with E-state index in [1.165, 1.54) is 12.1 Å². The van der Waals surface area contributed by atoms with E-state index in [1.807, 2.05) is 31.2 Å². The summed E-state index contributed by atoms with van der Waals surface area (Å²) in [5, 5.41) is 0. The van der Waals surface area contributed by atoms with Gasteiger partial charge in [0.2, 0.25) is 15.9 Å². The molecule has 0 bridgehead atoms. The van der Waals surface area contributed by atoms with Crippen LogP contribution in [0, 0.1) is 6.92 Å². The normalized spacial score (nSPS) is 11.3. The van der Waals surface area contributed by atoms with Gasteiger partial charge >= 0.3 is 0 Å². The van der Waals surface area contributed by atoms with E-state index in [0.29, 0.717) is 6.54 Å². The highest BCUT2D eigenvalue weighted by atomic mass is 32.2. The molecule has 0 unspecified atom stereocenters. The summed E-state index contributed by atoms with van der Waals surface area (Å²) in [4.78, 5) is 14.2. The standard InChI is InChI=1S/C18H22N2O3S/c1-4-19-24(22,23)17-11-7-15(8-12-17)13-18(21)20(3)16-9-5-14(2)6-10-16/h5-12,19H,4,13H2,1-3H3. The highest BCUT2D eigenvalue weighted by molar-refractivity contribution is 7.89. The Morgan fingerprint density at radius 2 is 1.62 bits per heavy atom. The number of sulfonamides is 1. The quantitative estimate of drug-likeness (QED) is 0.874. The van der Waals surface area contributed by atoms with Crippen molar-refractivity contribution in [3.63, 3.8) is 0 Å². The van der Waals surface area contributed by atoms with E-state index in [2.05, 4.69) is 4.72 Å². The molecule has 128 valence electrons. The Balaban J connectivity index is 2.08. The Kier molecular flexibility index (Phi) is 5.75. The first-order valence-corrected chi connectivity index (χ1v) is 9.23. The van der Waals surface area contributed by atoms with Crippen molar-refractivity contribution in [2.24, 2.45) is 0 Å². The fraction of sp³-hybridized carbons (Fsp3) is 0.278. The number of likely N-dealkylation sites (N-methyl/N-ethyl adjacent to an activating group) is 1. The molecule has 1 amide bonds. The van der Waals surface area contributed by atoms with Crippen LogP contribution in [-0.4, -0.2) is 27.9 Å². The molecule has 0 saturated heterocycles. The molecule has 0 aliphatic rings. The lowest BCUT2D eigenvalue weighted by molar-refractivity contribution is -0.117. The molecule has 0 radical (unpaired) electrons.